The van der Waals surface area contributed by atoms with Gasteiger partial charge in [0.1, 0.15) is 6.33 Å². The van der Waals surface area contributed by atoms with Crippen molar-refractivity contribution < 1.29 is 4.79 Å². The fourth-order valence-electron chi connectivity index (χ4n) is 4.59. The van der Waals surface area contributed by atoms with E-state index in [1.165, 1.54) is 58.4 Å². The molecule has 7 heteroatoms. The minimum atomic E-state index is -0.332. The summed E-state index contributed by atoms with van der Waals surface area (Å²) < 4.78 is 2.70. The van der Waals surface area contributed by atoms with Crippen molar-refractivity contribution in [2.24, 2.45) is 18.4 Å². The van der Waals surface area contributed by atoms with Crippen LogP contribution in [0.5, 0.6) is 0 Å². The third kappa shape index (κ3) is 6.15. The number of rotatable bonds is 7. The summed E-state index contributed by atoms with van der Waals surface area (Å²) in [5, 5.41) is 0. The highest BCUT2D eigenvalue weighted by molar-refractivity contribution is 5.95. The fraction of sp³-hybridized carbons (Fsp3) is 0.429. The topological polar surface area (TPSA) is 81.8 Å². The van der Waals surface area contributed by atoms with Crippen molar-refractivity contribution >= 4 is 17.1 Å². The Morgan fingerprint density at radius 2 is 1.94 bits per heavy atom. The second-order valence-corrected chi connectivity index (χ2v) is 10.0. The molecule has 0 saturated carbocycles. The Hall–Kier alpha value is -3.48. The molecule has 1 aliphatic rings. The van der Waals surface area contributed by atoms with Gasteiger partial charge in [-0.05, 0) is 62.5 Å². The van der Waals surface area contributed by atoms with Gasteiger partial charge in [-0.2, -0.15) is 0 Å². The molecule has 35 heavy (non-hydrogen) atoms. The minimum absolute atomic E-state index is 0.206. The Bertz CT molecular complexity index is 1310. The second-order valence-electron chi connectivity index (χ2n) is 10.0. The number of hydrogen-bond donors (Lipinski definition) is 1. The van der Waals surface area contributed by atoms with Crippen molar-refractivity contribution in [1.29, 1.82) is 0 Å². The molecule has 0 aromatic carbocycles. The van der Waals surface area contributed by atoms with E-state index in [9.17, 15) is 9.59 Å². The lowest BCUT2D eigenvalue weighted by Gasteiger charge is -2.37. The SMILES string of the molecule is CCC1CCC(C)(C)C(/C=C/C(C)=C/C=C/C(C)=C/C(=O)Nn2cnc3c(=O)n(C)cnc32)=C1C. The molecule has 0 spiro atoms. The highest BCUT2D eigenvalue weighted by Crippen LogP contribution is 2.44. The van der Waals surface area contributed by atoms with E-state index in [1.807, 2.05) is 25.2 Å². The monoisotopic (exact) mass is 475 g/mol. The molecule has 1 amide bonds. The molecule has 2 heterocycles. The quantitative estimate of drug-likeness (QED) is 0.431. The molecule has 0 aliphatic heterocycles. The average molecular weight is 476 g/mol. The lowest BCUT2D eigenvalue weighted by atomic mass is 9.68. The summed E-state index contributed by atoms with van der Waals surface area (Å²) in [4.78, 5) is 32.7. The lowest BCUT2D eigenvalue weighted by molar-refractivity contribution is -0.112. The molecule has 0 radical (unpaired) electrons. The molecule has 0 fully saturated rings. The fourth-order valence-corrected chi connectivity index (χ4v) is 4.59. The third-order valence-corrected chi connectivity index (χ3v) is 6.82. The van der Waals surface area contributed by atoms with E-state index in [1.54, 1.807) is 7.05 Å². The van der Waals surface area contributed by atoms with Gasteiger partial charge in [0.05, 0.1) is 6.33 Å². The first-order valence-electron chi connectivity index (χ1n) is 12.2. The number of allylic oxidation sites excluding steroid dienone is 9. The molecule has 0 saturated heterocycles. The second kappa shape index (κ2) is 10.8. The normalized spacial score (nSPS) is 19.3. The number of hydrogen-bond acceptors (Lipinski definition) is 4. The van der Waals surface area contributed by atoms with Crippen molar-refractivity contribution in [3.63, 3.8) is 0 Å². The van der Waals surface area contributed by atoms with Gasteiger partial charge < -0.3 is 4.57 Å². The van der Waals surface area contributed by atoms with Crippen LogP contribution in [0.1, 0.15) is 60.8 Å². The van der Waals surface area contributed by atoms with Gasteiger partial charge in [0, 0.05) is 13.1 Å². The van der Waals surface area contributed by atoms with Crippen LogP contribution in [0, 0.1) is 11.3 Å². The smallest absolute Gasteiger partial charge is 0.281 e. The minimum Gasteiger partial charge on any atom is -0.300 e. The summed E-state index contributed by atoms with van der Waals surface area (Å²) in [6.07, 6.45) is 18.3. The number of amides is 1. The van der Waals surface area contributed by atoms with Crippen LogP contribution in [-0.2, 0) is 11.8 Å². The number of imidazole rings is 1. The molecule has 1 unspecified atom stereocenters. The lowest BCUT2D eigenvalue weighted by Crippen LogP contribution is -2.24. The van der Waals surface area contributed by atoms with Gasteiger partial charge in [-0.15, -0.1) is 0 Å². The number of carbonyl (C=O) groups excluding carboxylic acids is 1. The first kappa shape index (κ1) is 26.1. The highest BCUT2D eigenvalue weighted by atomic mass is 16.2. The zero-order chi connectivity index (χ0) is 25.8. The third-order valence-electron chi connectivity index (χ3n) is 6.82. The van der Waals surface area contributed by atoms with Gasteiger partial charge >= 0.3 is 0 Å². The maximum absolute atomic E-state index is 12.4. The average Bonchev–Trinajstić information content (AvgIpc) is 3.19. The molecule has 2 aromatic rings. The van der Waals surface area contributed by atoms with Crippen LogP contribution in [-0.4, -0.2) is 25.1 Å². The van der Waals surface area contributed by atoms with Gasteiger partial charge in [0.25, 0.3) is 11.5 Å². The number of nitrogens with one attached hydrogen (secondary N) is 1. The van der Waals surface area contributed by atoms with E-state index in [2.05, 4.69) is 62.2 Å². The Morgan fingerprint density at radius 1 is 1.20 bits per heavy atom. The van der Waals surface area contributed by atoms with Crippen LogP contribution >= 0.6 is 0 Å². The zero-order valence-corrected chi connectivity index (χ0v) is 21.9. The van der Waals surface area contributed by atoms with E-state index in [4.69, 9.17) is 0 Å². The number of carbonyl (C=O) groups is 1. The molecule has 1 N–H and O–H groups in total. The molecule has 0 bridgehead atoms. The number of nitrogens with zero attached hydrogens (tertiary/aromatic N) is 4. The molecule has 2 aromatic heterocycles. The van der Waals surface area contributed by atoms with Crippen LogP contribution < -0.4 is 11.0 Å². The first-order chi connectivity index (χ1) is 16.5. The molecular weight excluding hydrogens is 438 g/mol. The van der Waals surface area contributed by atoms with Crippen molar-refractivity contribution in [2.75, 3.05) is 5.43 Å². The van der Waals surface area contributed by atoms with Crippen LogP contribution in [0.25, 0.3) is 11.2 Å². The van der Waals surface area contributed by atoms with Crippen LogP contribution in [0.15, 0.2) is 76.2 Å². The van der Waals surface area contributed by atoms with Crippen molar-refractivity contribution in [3.8, 4) is 0 Å². The molecule has 7 nitrogen and oxygen atoms in total. The summed E-state index contributed by atoms with van der Waals surface area (Å²) in [6, 6.07) is 0. The first-order valence-corrected chi connectivity index (χ1v) is 12.2. The maximum atomic E-state index is 12.4. The van der Waals surface area contributed by atoms with Crippen molar-refractivity contribution in [2.45, 2.75) is 60.8 Å². The standard InChI is InChI=1S/C28H37N5O2/c1-8-22-14-15-28(5,6)23(21(22)4)13-12-19(2)10-9-11-20(3)16-24(34)31-33-18-29-25-26(33)30-17-32(7)27(25)35/h9-13,16-18,22H,8,14-15H2,1-7H3,(H,31,34)/b11-9+,13-12+,19-10+,20-16+. The predicted molar refractivity (Wildman–Crippen MR) is 142 cm³/mol. The van der Waals surface area contributed by atoms with E-state index in [0.717, 1.165) is 11.1 Å². The predicted octanol–water partition coefficient (Wildman–Crippen LogP) is 5.37. The van der Waals surface area contributed by atoms with Gasteiger partial charge in [-0.25, -0.2) is 14.6 Å². The van der Waals surface area contributed by atoms with Crippen LogP contribution in [0.4, 0.5) is 0 Å². The Kier molecular flexibility index (Phi) is 8.10. The van der Waals surface area contributed by atoms with Crippen molar-refractivity contribution in [3.05, 3.63) is 81.8 Å². The zero-order valence-electron chi connectivity index (χ0n) is 21.9. The Balaban J connectivity index is 1.66. The highest BCUT2D eigenvalue weighted by Gasteiger charge is 2.30. The van der Waals surface area contributed by atoms with Gasteiger partial charge in [0.15, 0.2) is 11.2 Å². The summed E-state index contributed by atoms with van der Waals surface area (Å²) in [5.41, 5.74) is 8.06. The summed E-state index contributed by atoms with van der Waals surface area (Å²) in [5.74, 6) is 0.356. The molecule has 186 valence electrons. The maximum Gasteiger partial charge on any atom is 0.281 e. The summed E-state index contributed by atoms with van der Waals surface area (Å²) in [7, 11) is 1.60. The largest absolute Gasteiger partial charge is 0.300 e. The number of aromatic nitrogens is 4. The Morgan fingerprint density at radius 3 is 2.66 bits per heavy atom. The van der Waals surface area contributed by atoms with E-state index in [0.29, 0.717) is 11.6 Å². The van der Waals surface area contributed by atoms with E-state index < -0.39 is 0 Å². The number of fused-ring (bicyclic) bond motifs is 1. The molecule has 1 aliphatic carbocycles. The van der Waals surface area contributed by atoms with E-state index in [-0.39, 0.29) is 22.4 Å². The van der Waals surface area contributed by atoms with Crippen LogP contribution in [0.3, 0.4) is 0 Å². The molecular formula is C28H37N5O2. The number of aryl methyl sites for hydroxylation is 1. The summed E-state index contributed by atoms with van der Waals surface area (Å²) in [6.45, 7) is 13.2. The van der Waals surface area contributed by atoms with Crippen molar-refractivity contribution in [1.82, 2.24) is 19.2 Å². The Labute approximate surface area is 207 Å². The van der Waals surface area contributed by atoms with Gasteiger partial charge in [-0.1, -0.05) is 62.3 Å². The summed E-state index contributed by atoms with van der Waals surface area (Å²) >= 11 is 0. The van der Waals surface area contributed by atoms with Crippen LogP contribution in [0.2, 0.25) is 0 Å². The molecule has 1 atom stereocenters. The van der Waals surface area contributed by atoms with Gasteiger partial charge in [-0.3, -0.25) is 15.0 Å². The molecule has 3 rings (SSSR count). The van der Waals surface area contributed by atoms with Gasteiger partial charge in [0.2, 0.25) is 0 Å². The van der Waals surface area contributed by atoms with E-state index >= 15 is 0 Å².